The zero-order valence-electron chi connectivity index (χ0n) is 13.4. The fourth-order valence-electron chi connectivity index (χ4n) is 3.26. The summed E-state index contributed by atoms with van der Waals surface area (Å²) in [7, 11) is -1.16. The normalized spacial score (nSPS) is 22.5. The largest absolute Gasteiger partial charge is 0.435 e. The summed E-state index contributed by atoms with van der Waals surface area (Å²) in [5.41, 5.74) is 0.937. The van der Waals surface area contributed by atoms with Gasteiger partial charge in [-0.05, 0) is 37.6 Å². The van der Waals surface area contributed by atoms with Crippen molar-refractivity contribution >= 4 is 9.84 Å². The zero-order chi connectivity index (χ0) is 17.0. The number of ether oxygens (including phenoxy) is 1. The molecular weight excluding hydrogens is 324 g/mol. The van der Waals surface area contributed by atoms with Crippen molar-refractivity contribution in [1.82, 2.24) is 4.90 Å². The third-order valence-corrected chi connectivity index (χ3v) is 6.01. The fourth-order valence-corrected chi connectivity index (χ4v) is 4.77. The van der Waals surface area contributed by atoms with E-state index in [1.165, 1.54) is 18.4 Å². The van der Waals surface area contributed by atoms with E-state index in [1.54, 1.807) is 12.1 Å². The molecule has 0 radical (unpaired) electrons. The maximum atomic E-state index is 12.1. The molecule has 0 unspecified atom stereocenters. The number of halogens is 2. The minimum Gasteiger partial charge on any atom is -0.435 e. The molecule has 0 aromatic heterocycles. The number of sulfone groups is 1. The third-order valence-electron chi connectivity index (χ3n) is 4.36. The predicted octanol–water partition coefficient (Wildman–Crippen LogP) is 3.08. The molecule has 0 spiro atoms. The topological polar surface area (TPSA) is 46.6 Å². The van der Waals surface area contributed by atoms with Gasteiger partial charge in [-0.2, -0.15) is 8.78 Å². The molecule has 0 N–H and O–H groups in total. The van der Waals surface area contributed by atoms with E-state index >= 15 is 0 Å². The average Bonchev–Trinajstić information content (AvgIpc) is 2.48. The van der Waals surface area contributed by atoms with Crippen molar-refractivity contribution in [1.29, 1.82) is 0 Å². The van der Waals surface area contributed by atoms with Crippen LogP contribution < -0.4 is 4.74 Å². The van der Waals surface area contributed by atoms with Gasteiger partial charge in [0.05, 0.1) is 5.25 Å². The van der Waals surface area contributed by atoms with E-state index in [-0.39, 0.29) is 17.0 Å². The Morgan fingerprint density at radius 2 is 1.83 bits per heavy atom. The van der Waals surface area contributed by atoms with E-state index in [1.807, 2.05) is 11.9 Å². The zero-order valence-corrected chi connectivity index (χ0v) is 14.2. The van der Waals surface area contributed by atoms with E-state index in [9.17, 15) is 17.2 Å². The summed E-state index contributed by atoms with van der Waals surface area (Å²) in [5.74, 6) is 0.123. The first-order valence-corrected chi connectivity index (χ1v) is 9.65. The number of hydrogen-bond acceptors (Lipinski definition) is 4. The Balaban J connectivity index is 2.03. The first-order chi connectivity index (χ1) is 10.8. The second-order valence-electron chi connectivity index (χ2n) is 6.16. The monoisotopic (exact) mass is 347 g/mol. The molecule has 1 aromatic carbocycles. The highest BCUT2D eigenvalue weighted by Gasteiger charge is 2.34. The molecule has 1 saturated carbocycles. The molecule has 0 saturated heterocycles. The van der Waals surface area contributed by atoms with Crippen LogP contribution in [0, 0.1) is 0 Å². The van der Waals surface area contributed by atoms with Gasteiger partial charge < -0.3 is 4.74 Å². The highest BCUT2D eigenvalue weighted by Crippen LogP contribution is 2.28. The van der Waals surface area contributed by atoms with Gasteiger partial charge >= 0.3 is 6.61 Å². The first-order valence-electron chi connectivity index (χ1n) is 7.70. The summed E-state index contributed by atoms with van der Waals surface area (Å²) < 4.78 is 52.6. The molecule has 0 bridgehead atoms. The molecule has 23 heavy (non-hydrogen) atoms. The lowest BCUT2D eigenvalue weighted by atomic mass is 9.93. The molecule has 1 aromatic rings. The maximum Gasteiger partial charge on any atom is 0.387 e. The Hall–Kier alpha value is -1.21. The Bertz CT molecular complexity index is 604. The number of alkyl halides is 2. The van der Waals surface area contributed by atoms with Crippen molar-refractivity contribution in [3.63, 3.8) is 0 Å². The van der Waals surface area contributed by atoms with Gasteiger partial charge in [-0.25, -0.2) is 8.42 Å². The summed E-state index contributed by atoms with van der Waals surface area (Å²) in [5, 5.41) is -0.331. The van der Waals surface area contributed by atoms with Crippen molar-refractivity contribution in [2.24, 2.45) is 0 Å². The van der Waals surface area contributed by atoms with Crippen molar-refractivity contribution in [2.75, 3.05) is 13.3 Å². The van der Waals surface area contributed by atoms with Crippen LogP contribution in [-0.4, -0.2) is 44.5 Å². The van der Waals surface area contributed by atoms with Gasteiger partial charge in [-0.3, -0.25) is 4.90 Å². The van der Waals surface area contributed by atoms with Gasteiger partial charge in [-0.15, -0.1) is 0 Å². The van der Waals surface area contributed by atoms with Crippen LogP contribution in [0.25, 0.3) is 0 Å². The number of nitrogens with zero attached hydrogens (tertiary/aromatic N) is 1. The van der Waals surface area contributed by atoms with Gasteiger partial charge in [0.25, 0.3) is 0 Å². The van der Waals surface area contributed by atoms with E-state index < -0.39 is 16.4 Å². The third kappa shape index (κ3) is 5.14. The second kappa shape index (κ2) is 7.57. The fraction of sp³-hybridized carbons (Fsp3) is 0.625. The summed E-state index contributed by atoms with van der Waals surface area (Å²) >= 11 is 0. The van der Waals surface area contributed by atoms with Crippen molar-refractivity contribution in [3.8, 4) is 5.75 Å². The van der Waals surface area contributed by atoms with Gasteiger partial charge in [0, 0.05) is 18.8 Å². The Labute approximate surface area is 136 Å². The second-order valence-corrected chi connectivity index (χ2v) is 8.42. The Morgan fingerprint density at radius 3 is 2.39 bits per heavy atom. The first kappa shape index (κ1) is 18.1. The minimum absolute atomic E-state index is 0.00394. The van der Waals surface area contributed by atoms with Crippen LogP contribution in [0.4, 0.5) is 8.78 Å². The number of hydrogen-bond donors (Lipinski definition) is 0. The molecule has 130 valence electrons. The lowest BCUT2D eigenvalue weighted by Gasteiger charge is -2.37. The average molecular weight is 347 g/mol. The van der Waals surface area contributed by atoms with Crippen LogP contribution in [0.2, 0.25) is 0 Å². The van der Waals surface area contributed by atoms with E-state index in [0.29, 0.717) is 13.0 Å². The Kier molecular flexibility index (Phi) is 5.97. The summed E-state index contributed by atoms with van der Waals surface area (Å²) in [6, 6.07) is 6.46. The van der Waals surface area contributed by atoms with Crippen LogP contribution >= 0.6 is 0 Å². The highest BCUT2D eigenvalue weighted by atomic mass is 32.2. The quantitative estimate of drug-likeness (QED) is 0.793. The summed E-state index contributed by atoms with van der Waals surface area (Å²) in [6.45, 7) is -2.26. The van der Waals surface area contributed by atoms with Crippen LogP contribution in [0.3, 0.4) is 0 Å². The van der Waals surface area contributed by atoms with Gasteiger partial charge in [0.2, 0.25) is 0 Å². The lowest BCUT2D eigenvalue weighted by molar-refractivity contribution is -0.0498. The van der Waals surface area contributed by atoms with Crippen molar-refractivity contribution < 1.29 is 21.9 Å². The van der Waals surface area contributed by atoms with Crippen LogP contribution in [0.1, 0.15) is 31.2 Å². The van der Waals surface area contributed by atoms with Crippen molar-refractivity contribution in [2.45, 2.75) is 50.1 Å². The number of benzene rings is 1. The summed E-state index contributed by atoms with van der Waals surface area (Å²) in [6.07, 6.45) is 4.85. The smallest absolute Gasteiger partial charge is 0.387 e. The SMILES string of the molecule is CN(Cc1ccc(OC(F)F)cc1)[C@H]1CCCC[C@H]1S(C)(=O)=O. The molecule has 4 nitrogen and oxygen atoms in total. The molecular formula is C16H23F2NO3S. The van der Waals surface area contributed by atoms with Crippen molar-refractivity contribution in [3.05, 3.63) is 29.8 Å². The summed E-state index contributed by atoms with van der Waals surface area (Å²) in [4.78, 5) is 2.05. The molecule has 2 rings (SSSR count). The Morgan fingerprint density at radius 1 is 1.22 bits per heavy atom. The lowest BCUT2D eigenvalue weighted by Crippen LogP contribution is -2.46. The van der Waals surface area contributed by atoms with Crippen LogP contribution in [-0.2, 0) is 16.4 Å². The standard InChI is InChI=1S/C16H23F2NO3S/c1-19(14-5-3-4-6-15(14)23(2,20)21)11-12-7-9-13(10-8-12)22-16(17)18/h7-10,14-16H,3-6,11H2,1-2H3/t14-,15+/m0/s1. The maximum absolute atomic E-state index is 12.1. The van der Waals surface area contributed by atoms with E-state index in [4.69, 9.17) is 0 Å². The predicted molar refractivity (Wildman–Crippen MR) is 85.4 cm³/mol. The van der Waals surface area contributed by atoms with Gasteiger partial charge in [0.1, 0.15) is 5.75 Å². The van der Waals surface area contributed by atoms with Crippen LogP contribution in [0.5, 0.6) is 5.75 Å². The molecule has 2 atom stereocenters. The molecule has 0 amide bonds. The minimum atomic E-state index is -3.08. The molecule has 1 fully saturated rings. The molecule has 0 aliphatic heterocycles. The van der Waals surface area contributed by atoms with Gasteiger partial charge in [-0.1, -0.05) is 25.0 Å². The molecule has 1 aliphatic carbocycles. The van der Waals surface area contributed by atoms with Crippen LogP contribution in [0.15, 0.2) is 24.3 Å². The van der Waals surface area contributed by atoms with E-state index in [2.05, 4.69) is 4.74 Å². The van der Waals surface area contributed by atoms with Gasteiger partial charge in [0.15, 0.2) is 9.84 Å². The molecule has 0 heterocycles. The van der Waals surface area contributed by atoms with E-state index in [0.717, 1.165) is 24.8 Å². The highest BCUT2D eigenvalue weighted by molar-refractivity contribution is 7.91. The number of rotatable bonds is 6. The molecule has 7 heteroatoms. The molecule has 1 aliphatic rings.